The maximum absolute atomic E-state index is 12.8. The number of amides is 2. The van der Waals surface area contributed by atoms with Crippen LogP contribution in [0.15, 0.2) is 48.5 Å². The fraction of sp³-hybridized carbons (Fsp3) is 0.333. The minimum atomic E-state index is -0.565. The van der Waals surface area contributed by atoms with Crippen LogP contribution in [-0.4, -0.2) is 17.0 Å². The maximum Gasteiger partial charge on any atom is 0.274 e. The van der Waals surface area contributed by atoms with Gasteiger partial charge in [0.2, 0.25) is 0 Å². The molecule has 0 heterocycles. The molecule has 26 heavy (non-hydrogen) atoms. The van der Waals surface area contributed by atoms with E-state index < -0.39 is 5.91 Å². The topological polar surface area (TPSA) is 78.4 Å². The van der Waals surface area contributed by atoms with Gasteiger partial charge in [-0.2, -0.15) is 0 Å². The van der Waals surface area contributed by atoms with E-state index in [4.69, 9.17) is 5.21 Å². The van der Waals surface area contributed by atoms with Crippen LogP contribution in [-0.2, 0) is 6.42 Å². The third kappa shape index (κ3) is 4.70. The number of aryl methyl sites for hydroxylation is 1. The van der Waals surface area contributed by atoms with Crippen LogP contribution in [0.1, 0.15) is 65.6 Å². The van der Waals surface area contributed by atoms with E-state index in [0.29, 0.717) is 11.1 Å². The Balaban J connectivity index is 2.27. The van der Waals surface area contributed by atoms with Crippen LogP contribution in [0, 0.1) is 5.41 Å². The predicted molar refractivity (Wildman–Crippen MR) is 101 cm³/mol. The van der Waals surface area contributed by atoms with Crippen LogP contribution in [0.25, 0.3) is 0 Å². The molecule has 138 valence electrons. The number of carbonyl (C=O) groups is 2. The molecule has 2 amide bonds. The standard InChI is InChI=1S/C21H26N2O3/c1-5-14-7-6-8-17(13-14)19(24)22-18(21(2,3)4)15-9-11-16(12-10-15)20(25)23-26/h6-13,18,26H,5H2,1-4H3,(H,22,24)(H,23,25). The lowest BCUT2D eigenvalue weighted by molar-refractivity contribution is 0.0706. The van der Waals surface area contributed by atoms with Gasteiger partial charge in [0.25, 0.3) is 11.8 Å². The Morgan fingerprint density at radius 3 is 2.19 bits per heavy atom. The van der Waals surface area contributed by atoms with E-state index in [0.717, 1.165) is 17.5 Å². The van der Waals surface area contributed by atoms with E-state index in [9.17, 15) is 9.59 Å². The highest BCUT2D eigenvalue weighted by molar-refractivity contribution is 5.95. The highest BCUT2D eigenvalue weighted by Gasteiger charge is 2.28. The SMILES string of the molecule is CCc1cccc(C(=O)NC(c2ccc(C(=O)NO)cc2)C(C)(C)C)c1. The summed E-state index contributed by atoms with van der Waals surface area (Å²) < 4.78 is 0. The molecule has 0 radical (unpaired) electrons. The molecule has 0 spiro atoms. The minimum Gasteiger partial charge on any atom is -0.345 e. The monoisotopic (exact) mass is 354 g/mol. The second kappa shape index (κ2) is 8.15. The molecule has 5 nitrogen and oxygen atoms in total. The second-order valence-electron chi connectivity index (χ2n) is 7.39. The second-order valence-corrected chi connectivity index (χ2v) is 7.39. The van der Waals surface area contributed by atoms with Gasteiger partial charge in [-0.15, -0.1) is 0 Å². The van der Waals surface area contributed by atoms with Crippen LogP contribution >= 0.6 is 0 Å². The van der Waals surface area contributed by atoms with Crippen molar-refractivity contribution in [1.82, 2.24) is 10.8 Å². The number of carbonyl (C=O) groups excluding carboxylic acids is 2. The van der Waals surface area contributed by atoms with Crippen molar-refractivity contribution >= 4 is 11.8 Å². The average Bonchev–Trinajstić information content (AvgIpc) is 2.64. The number of hydrogen-bond donors (Lipinski definition) is 3. The molecule has 0 saturated carbocycles. The number of hydroxylamine groups is 1. The van der Waals surface area contributed by atoms with Crippen molar-refractivity contribution in [2.24, 2.45) is 5.41 Å². The molecule has 0 aliphatic rings. The molecule has 5 heteroatoms. The largest absolute Gasteiger partial charge is 0.345 e. The van der Waals surface area contributed by atoms with E-state index in [1.807, 2.05) is 24.3 Å². The first-order valence-electron chi connectivity index (χ1n) is 8.70. The number of hydrogen-bond acceptors (Lipinski definition) is 3. The first kappa shape index (κ1) is 19.7. The summed E-state index contributed by atoms with van der Waals surface area (Å²) in [5.41, 5.74) is 4.39. The Morgan fingerprint density at radius 1 is 1.00 bits per heavy atom. The molecule has 3 N–H and O–H groups in total. The summed E-state index contributed by atoms with van der Waals surface area (Å²) in [7, 11) is 0. The fourth-order valence-electron chi connectivity index (χ4n) is 2.84. The summed E-state index contributed by atoms with van der Waals surface area (Å²) in [5, 5.41) is 11.8. The lowest BCUT2D eigenvalue weighted by Gasteiger charge is -2.32. The molecular formula is C21H26N2O3. The van der Waals surface area contributed by atoms with Crippen molar-refractivity contribution in [1.29, 1.82) is 0 Å². The van der Waals surface area contributed by atoms with Crippen molar-refractivity contribution in [3.63, 3.8) is 0 Å². The average molecular weight is 354 g/mol. The first-order chi connectivity index (χ1) is 12.3. The molecule has 1 unspecified atom stereocenters. The molecule has 0 aliphatic heterocycles. The molecule has 0 fully saturated rings. The van der Waals surface area contributed by atoms with Crippen molar-refractivity contribution in [2.75, 3.05) is 0 Å². The van der Waals surface area contributed by atoms with Crippen molar-refractivity contribution < 1.29 is 14.8 Å². The van der Waals surface area contributed by atoms with Gasteiger partial charge >= 0.3 is 0 Å². The lowest BCUT2D eigenvalue weighted by atomic mass is 9.82. The number of rotatable bonds is 5. The molecule has 2 rings (SSSR count). The highest BCUT2D eigenvalue weighted by Crippen LogP contribution is 2.33. The zero-order chi connectivity index (χ0) is 19.3. The van der Waals surface area contributed by atoms with Crippen LogP contribution in [0.5, 0.6) is 0 Å². The van der Waals surface area contributed by atoms with Gasteiger partial charge in [0.05, 0.1) is 6.04 Å². The van der Waals surface area contributed by atoms with E-state index in [-0.39, 0.29) is 17.4 Å². The molecule has 0 aliphatic carbocycles. The third-order valence-electron chi connectivity index (χ3n) is 4.35. The number of benzene rings is 2. The summed E-state index contributed by atoms with van der Waals surface area (Å²) in [6, 6.07) is 14.2. The molecule has 0 aromatic heterocycles. The van der Waals surface area contributed by atoms with Crippen molar-refractivity contribution in [3.8, 4) is 0 Å². The maximum atomic E-state index is 12.8. The number of nitrogens with one attached hydrogen (secondary N) is 2. The zero-order valence-corrected chi connectivity index (χ0v) is 15.7. The third-order valence-corrected chi connectivity index (χ3v) is 4.35. The Hall–Kier alpha value is -2.66. The van der Waals surface area contributed by atoms with Crippen LogP contribution in [0.4, 0.5) is 0 Å². The van der Waals surface area contributed by atoms with Crippen molar-refractivity contribution in [3.05, 3.63) is 70.8 Å². The minimum absolute atomic E-state index is 0.127. The normalized spacial score (nSPS) is 12.3. The van der Waals surface area contributed by atoms with Gasteiger partial charge in [-0.1, -0.05) is 52.0 Å². The van der Waals surface area contributed by atoms with Gasteiger partial charge in [-0.05, 0) is 47.2 Å². The van der Waals surface area contributed by atoms with Crippen LogP contribution < -0.4 is 10.8 Å². The van der Waals surface area contributed by atoms with Gasteiger partial charge in [0, 0.05) is 11.1 Å². The summed E-state index contributed by atoms with van der Waals surface area (Å²) >= 11 is 0. The highest BCUT2D eigenvalue weighted by atomic mass is 16.5. The van der Waals surface area contributed by atoms with E-state index >= 15 is 0 Å². The molecule has 1 atom stereocenters. The lowest BCUT2D eigenvalue weighted by Crippen LogP contribution is -2.36. The summed E-state index contributed by atoms with van der Waals surface area (Å²) in [4.78, 5) is 24.2. The summed E-state index contributed by atoms with van der Waals surface area (Å²) in [6.45, 7) is 8.21. The van der Waals surface area contributed by atoms with Gasteiger partial charge in [0.15, 0.2) is 0 Å². The van der Waals surface area contributed by atoms with E-state index in [2.05, 4.69) is 33.0 Å². The van der Waals surface area contributed by atoms with Crippen molar-refractivity contribution in [2.45, 2.75) is 40.2 Å². The zero-order valence-electron chi connectivity index (χ0n) is 15.7. The Kier molecular flexibility index (Phi) is 6.16. The molecular weight excluding hydrogens is 328 g/mol. The summed E-state index contributed by atoms with van der Waals surface area (Å²) in [6.07, 6.45) is 0.873. The van der Waals surface area contributed by atoms with E-state index in [1.165, 1.54) is 0 Å². The first-order valence-corrected chi connectivity index (χ1v) is 8.70. The van der Waals surface area contributed by atoms with Crippen LogP contribution in [0.3, 0.4) is 0 Å². The van der Waals surface area contributed by atoms with Gasteiger partial charge < -0.3 is 5.32 Å². The van der Waals surface area contributed by atoms with Gasteiger partial charge in [0.1, 0.15) is 0 Å². The Labute approximate surface area is 154 Å². The Morgan fingerprint density at radius 2 is 1.65 bits per heavy atom. The molecule has 2 aromatic rings. The predicted octanol–water partition coefficient (Wildman–Crippen LogP) is 3.89. The molecule has 0 saturated heterocycles. The molecule has 0 bridgehead atoms. The van der Waals surface area contributed by atoms with Crippen LogP contribution in [0.2, 0.25) is 0 Å². The van der Waals surface area contributed by atoms with E-state index in [1.54, 1.807) is 29.7 Å². The summed E-state index contributed by atoms with van der Waals surface area (Å²) in [5.74, 6) is -0.693. The van der Waals surface area contributed by atoms with Gasteiger partial charge in [-0.3, -0.25) is 14.8 Å². The molecule has 2 aromatic carbocycles. The fourth-order valence-corrected chi connectivity index (χ4v) is 2.84. The quantitative estimate of drug-likeness (QED) is 0.563. The smallest absolute Gasteiger partial charge is 0.274 e. The Bertz CT molecular complexity index is 777. The van der Waals surface area contributed by atoms with Gasteiger partial charge in [-0.25, -0.2) is 5.48 Å².